The van der Waals surface area contributed by atoms with E-state index >= 15 is 0 Å². The quantitative estimate of drug-likeness (QED) is 0.390. The lowest BCUT2D eigenvalue weighted by atomic mass is 9.96. The lowest BCUT2D eigenvalue weighted by Crippen LogP contribution is -2.31. The van der Waals surface area contributed by atoms with Gasteiger partial charge in [-0.2, -0.15) is 0 Å². The number of nitrogens with one attached hydrogen (secondary N) is 1. The molecule has 33 heavy (non-hydrogen) atoms. The molecule has 2 aromatic heterocycles. The first-order valence-electron chi connectivity index (χ1n) is 11.4. The molecule has 1 saturated heterocycles. The van der Waals surface area contributed by atoms with E-state index in [2.05, 4.69) is 89.0 Å². The molecule has 7 heteroatoms. The summed E-state index contributed by atoms with van der Waals surface area (Å²) in [5.41, 5.74) is 7.04. The van der Waals surface area contributed by atoms with Crippen LogP contribution in [-0.4, -0.2) is 53.9 Å². The summed E-state index contributed by atoms with van der Waals surface area (Å²) in [6.07, 6.45) is 2.76. The second-order valence-electron chi connectivity index (χ2n) is 8.74. The Labute approximate surface area is 202 Å². The van der Waals surface area contributed by atoms with E-state index in [1.165, 1.54) is 22.6 Å². The van der Waals surface area contributed by atoms with Crippen molar-refractivity contribution in [1.82, 2.24) is 19.8 Å². The highest BCUT2D eigenvalue weighted by Crippen LogP contribution is 2.41. The number of benzene rings is 1. The Bertz CT molecular complexity index is 1090. The van der Waals surface area contributed by atoms with Gasteiger partial charge in [0.15, 0.2) is 5.11 Å². The van der Waals surface area contributed by atoms with Gasteiger partial charge in [-0.15, -0.1) is 0 Å². The molecule has 1 fully saturated rings. The van der Waals surface area contributed by atoms with Crippen LogP contribution >= 0.6 is 12.2 Å². The van der Waals surface area contributed by atoms with Crippen molar-refractivity contribution < 1.29 is 4.74 Å². The van der Waals surface area contributed by atoms with Crippen LogP contribution in [0.4, 0.5) is 5.69 Å². The summed E-state index contributed by atoms with van der Waals surface area (Å²) >= 11 is 5.79. The number of nitrogens with zero attached hydrogens (tertiary/aromatic N) is 4. The summed E-state index contributed by atoms with van der Waals surface area (Å²) in [5, 5.41) is 4.32. The Hall–Kier alpha value is -2.90. The molecule has 3 aromatic rings. The van der Waals surface area contributed by atoms with Crippen molar-refractivity contribution in [2.75, 3.05) is 39.3 Å². The maximum absolute atomic E-state index is 5.79. The molecule has 0 radical (unpaired) electrons. The Morgan fingerprint density at radius 1 is 1.12 bits per heavy atom. The molecule has 6 nitrogen and oxygen atoms in total. The Kier molecular flexibility index (Phi) is 7.00. The maximum atomic E-state index is 5.79. The van der Waals surface area contributed by atoms with Crippen LogP contribution in [-0.2, 0) is 4.74 Å². The van der Waals surface area contributed by atoms with E-state index < -0.39 is 0 Å². The normalized spacial score (nSPS) is 18.0. The molecule has 0 saturated carbocycles. The molecule has 0 bridgehead atoms. The molecular weight excluding hydrogens is 430 g/mol. The average Bonchev–Trinajstić information content (AvgIpc) is 3.29. The third kappa shape index (κ3) is 4.61. The van der Waals surface area contributed by atoms with Crippen LogP contribution in [0.5, 0.6) is 0 Å². The van der Waals surface area contributed by atoms with Gasteiger partial charge in [0.1, 0.15) is 0 Å². The van der Waals surface area contributed by atoms with E-state index in [1.807, 2.05) is 18.3 Å². The lowest BCUT2D eigenvalue weighted by Gasteiger charge is -2.28. The second-order valence-corrected chi connectivity index (χ2v) is 9.13. The van der Waals surface area contributed by atoms with E-state index in [4.69, 9.17) is 17.0 Å². The number of anilines is 1. The monoisotopic (exact) mass is 463 g/mol. The highest BCUT2D eigenvalue weighted by Gasteiger charge is 2.41. The van der Waals surface area contributed by atoms with Crippen molar-refractivity contribution in [2.24, 2.45) is 0 Å². The van der Waals surface area contributed by atoms with E-state index in [9.17, 15) is 0 Å². The van der Waals surface area contributed by atoms with Crippen LogP contribution in [0.3, 0.4) is 0 Å². The molecule has 1 aromatic carbocycles. The van der Waals surface area contributed by atoms with Crippen molar-refractivity contribution in [3.63, 3.8) is 0 Å². The number of methoxy groups -OCH3 is 1. The predicted octanol–water partition coefficient (Wildman–Crippen LogP) is 4.56. The number of thiocarbonyl (C=S) groups is 1. The number of aryl methyl sites for hydroxylation is 1. The molecule has 1 N–H and O–H groups in total. The van der Waals surface area contributed by atoms with Gasteiger partial charge in [-0.25, -0.2) is 0 Å². The fourth-order valence-electron chi connectivity index (χ4n) is 4.75. The summed E-state index contributed by atoms with van der Waals surface area (Å²) < 4.78 is 7.64. The molecule has 0 amide bonds. The maximum Gasteiger partial charge on any atom is 0.170 e. The highest BCUT2D eigenvalue weighted by atomic mass is 32.1. The van der Waals surface area contributed by atoms with Crippen LogP contribution in [0.25, 0.3) is 5.69 Å². The molecule has 2 atom stereocenters. The number of hydrogen-bond acceptors (Lipinski definition) is 4. The first kappa shape index (κ1) is 23.3. The minimum Gasteiger partial charge on any atom is -0.385 e. The van der Waals surface area contributed by atoms with Gasteiger partial charge in [-0.3, -0.25) is 4.98 Å². The van der Waals surface area contributed by atoms with E-state index in [1.54, 1.807) is 7.11 Å². The zero-order valence-corrected chi connectivity index (χ0v) is 20.9. The molecule has 4 rings (SSSR count). The summed E-state index contributed by atoms with van der Waals surface area (Å²) in [4.78, 5) is 9.08. The number of rotatable bonds is 8. The molecule has 3 heterocycles. The van der Waals surface area contributed by atoms with Gasteiger partial charge < -0.3 is 24.4 Å². The molecule has 174 valence electrons. The van der Waals surface area contributed by atoms with E-state index in [-0.39, 0.29) is 12.1 Å². The molecule has 1 aliphatic heterocycles. The number of pyridine rings is 1. The number of hydrogen-bond donors (Lipinski definition) is 1. The second kappa shape index (κ2) is 9.93. The summed E-state index contributed by atoms with van der Waals surface area (Å²) in [5.74, 6) is 0. The van der Waals surface area contributed by atoms with Crippen molar-refractivity contribution >= 4 is 23.0 Å². The average molecular weight is 464 g/mol. The first-order chi connectivity index (χ1) is 15.9. The standard InChI is InChI=1S/C26H33N5OS/c1-18-17-22(19(2)31(18)21-12-10-20(11-13-21)29(3)4)25-24(23-9-6-7-14-27-23)28-26(33)30(25)15-8-16-32-5/h6-7,9-14,17,24-25H,8,15-16H2,1-5H3,(H,28,33)/t24-,25-/m1/s1. The Balaban J connectivity index is 1.76. The Morgan fingerprint density at radius 2 is 1.88 bits per heavy atom. The molecular formula is C26H33N5OS. The van der Waals surface area contributed by atoms with E-state index in [0.29, 0.717) is 6.61 Å². The molecule has 0 unspecified atom stereocenters. The summed E-state index contributed by atoms with van der Waals surface area (Å²) in [7, 11) is 5.86. The fourth-order valence-corrected chi connectivity index (χ4v) is 5.08. The highest BCUT2D eigenvalue weighted by molar-refractivity contribution is 7.80. The predicted molar refractivity (Wildman–Crippen MR) is 138 cm³/mol. The topological polar surface area (TPSA) is 45.6 Å². The SMILES string of the molecule is COCCCN1C(=S)N[C@H](c2ccccn2)[C@H]1c1cc(C)n(-c2ccc(N(C)C)cc2)c1C. The van der Waals surface area contributed by atoms with Gasteiger partial charge >= 0.3 is 0 Å². The van der Waals surface area contributed by atoms with Gasteiger partial charge in [-0.05, 0) is 80.5 Å². The summed E-state index contributed by atoms with van der Waals surface area (Å²) in [6, 6.07) is 17.1. The molecule has 0 aliphatic carbocycles. The van der Waals surface area contributed by atoms with Crippen molar-refractivity contribution in [2.45, 2.75) is 32.4 Å². The van der Waals surface area contributed by atoms with Crippen LogP contribution in [0.1, 0.15) is 41.1 Å². The van der Waals surface area contributed by atoms with Crippen LogP contribution in [0.2, 0.25) is 0 Å². The molecule has 1 aliphatic rings. The Morgan fingerprint density at radius 3 is 2.52 bits per heavy atom. The van der Waals surface area contributed by atoms with Gasteiger partial charge in [0, 0.05) is 63.3 Å². The van der Waals surface area contributed by atoms with Crippen LogP contribution in [0.15, 0.2) is 54.7 Å². The zero-order valence-electron chi connectivity index (χ0n) is 20.1. The third-order valence-electron chi connectivity index (χ3n) is 6.36. The minimum atomic E-state index is -0.00804. The van der Waals surface area contributed by atoms with Crippen LogP contribution < -0.4 is 10.2 Å². The lowest BCUT2D eigenvalue weighted by molar-refractivity contribution is 0.180. The van der Waals surface area contributed by atoms with Crippen LogP contribution in [0, 0.1) is 13.8 Å². The van der Waals surface area contributed by atoms with Gasteiger partial charge in [0.05, 0.1) is 17.8 Å². The first-order valence-corrected chi connectivity index (χ1v) is 11.8. The van der Waals surface area contributed by atoms with Gasteiger partial charge in [-0.1, -0.05) is 6.07 Å². The zero-order chi connectivity index (χ0) is 23.5. The molecule has 0 spiro atoms. The number of aromatic nitrogens is 2. The van der Waals surface area contributed by atoms with Crippen molar-refractivity contribution in [1.29, 1.82) is 0 Å². The van der Waals surface area contributed by atoms with Crippen molar-refractivity contribution in [3.8, 4) is 5.69 Å². The number of ether oxygens (including phenoxy) is 1. The fraction of sp³-hybridized carbons (Fsp3) is 0.385. The van der Waals surface area contributed by atoms with Crippen molar-refractivity contribution in [3.05, 3.63) is 77.4 Å². The van der Waals surface area contributed by atoms with Gasteiger partial charge in [0.25, 0.3) is 0 Å². The summed E-state index contributed by atoms with van der Waals surface area (Å²) in [6.45, 7) is 5.90. The third-order valence-corrected chi connectivity index (χ3v) is 6.71. The smallest absolute Gasteiger partial charge is 0.170 e. The minimum absolute atomic E-state index is 0.00804. The van der Waals surface area contributed by atoms with Gasteiger partial charge in [0.2, 0.25) is 0 Å². The largest absolute Gasteiger partial charge is 0.385 e. The van der Waals surface area contributed by atoms with E-state index in [0.717, 1.165) is 29.5 Å².